The van der Waals surface area contributed by atoms with Gasteiger partial charge < -0.3 is 4.74 Å². The Labute approximate surface area is 136 Å². The van der Waals surface area contributed by atoms with E-state index < -0.39 is 10.0 Å². The quantitative estimate of drug-likeness (QED) is 0.856. The molecule has 1 fully saturated rings. The average Bonchev–Trinajstić information content (AvgIpc) is 2.56. The van der Waals surface area contributed by atoms with E-state index in [1.165, 1.54) is 4.31 Å². The molecule has 1 aromatic carbocycles. The Kier molecular flexibility index (Phi) is 4.58. The van der Waals surface area contributed by atoms with Crippen molar-refractivity contribution >= 4 is 10.0 Å². The molecule has 1 aliphatic rings. The molecule has 2 heterocycles. The molecule has 0 bridgehead atoms. The maximum Gasteiger partial charge on any atom is 0.243 e. The number of ether oxygens (including phenoxy) is 1. The van der Waals surface area contributed by atoms with Crippen molar-refractivity contribution in [1.29, 1.82) is 0 Å². The second-order valence-electron chi connectivity index (χ2n) is 5.50. The minimum Gasteiger partial charge on any atom is -0.473 e. The Balaban J connectivity index is 1.73. The van der Waals surface area contributed by atoms with Gasteiger partial charge in [-0.25, -0.2) is 13.4 Å². The highest BCUT2D eigenvalue weighted by Crippen LogP contribution is 2.22. The zero-order chi connectivity index (χ0) is 16.3. The molecule has 1 saturated heterocycles. The van der Waals surface area contributed by atoms with Crippen molar-refractivity contribution in [3.63, 3.8) is 0 Å². The summed E-state index contributed by atoms with van der Waals surface area (Å²) in [6, 6.07) is 10.2. The molecule has 122 valence electrons. The molecule has 0 saturated carbocycles. The summed E-state index contributed by atoms with van der Waals surface area (Å²) >= 11 is 0. The largest absolute Gasteiger partial charge is 0.473 e. The smallest absolute Gasteiger partial charge is 0.243 e. The van der Waals surface area contributed by atoms with Crippen molar-refractivity contribution in [2.45, 2.75) is 30.8 Å². The zero-order valence-electron chi connectivity index (χ0n) is 12.9. The minimum atomic E-state index is -3.47. The fourth-order valence-electron chi connectivity index (χ4n) is 2.63. The van der Waals surface area contributed by atoms with Gasteiger partial charge in [0.15, 0.2) is 0 Å². The van der Waals surface area contributed by atoms with Gasteiger partial charge in [0, 0.05) is 18.8 Å². The SMILES string of the molecule is Cc1nccc(O[C@H]2CCCN(S(=O)(=O)c3ccccc3)C2)n1. The van der Waals surface area contributed by atoms with Crippen LogP contribution in [0.1, 0.15) is 18.7 Å². The second-order valence-corrected chi connectivity index (χ2v) is 7.44. The van der Waals surface area contributed by atoms with Crippen LogP contribution in [0, 0.1) is 6.92 Å². The van der Waals surface area contributed by atoms with Crippen LogP contribution in [0.4, 0.5) is 0 Å². The first-order valence-corrected chi connectivity index (χ1v) is 9.01. The summed E-state index contributed by atoms with van der Waals surface area (Å²) in [6.07, 6.45) is 3.01. The van der Waals surface area contributed by atoms with E-state index >= 15 is 0 Å². The second kappa shape index (κ2) is 6.64. The van der Waals surface area contributed by atoms with Crippen molar-refractivity contribution in [2.75, 3.05) is 13.1 Å². The van der Waals surface area contributed by atoms with Crippen LogP contribution in [0.25, 0.3) is 0 Å². The summed E-state index contributed by atoms with van der Waals surface area (Å²) in [5.41, 5.74) is 0. The maximum absolute atomic E-state index is 12.7. The Morgan fingerprint density at radius 3 is 2.74 bits per heavy atom. The summed E-state index contributed by atoms with van der Waals surface area (Å²) in [5.74, 6) is 1.12. The first-order valence-electron chi connectivity index (χ1n) is 7.57. The molecule has 1 aliphatic heterocycles. The number of nitrogens with zero attached hydrogens (tertiary/aromatic N) is 3. The molecule has 1 atom stereocenters. The Morgan fingerprint density at radius 1 is 1.22 bits per heavy atom. The molecule has 2 aromatic rings. The zero-order valence-corrected chi connectivity index (χ0v) is 13.7. The van der Waals surface area contributed by atoms with E-state index in [9.17, 15) is 8.42 Å². The van der Waals surface area contributed by atoms with Crippen LogP contribution < -0.4 is 4.74 Å². The minimum absolute atomic E-state index is 0.198. The van der Waals surface area contributed by atoms with Gasteiger partial charge in [-0.15, -0.1) is 0 Å². The number of aryl methyl sites for hydroxylation is 1. The first kappa shape index (κ1) is 15.9. The monoisotopic (exact) mass is 333 g/mol. The summed E-state index contributed by atoms with van der Waals surface area (Å²) in [5, 5.41) is 0. The first-order chi connectivity index (χ1) is 11.1. The summed E-state index contributed by atoms with van der Waals surface area (Å²) in [7, 11) is -3.47. The number of aromatic nitrogens is 2. The molecule has 0 N–H and O–H groups in total. The lowest BCUT2D eigenvalue weighted by Gasteiger charge is -2.31. The van der Waals surface area contributed by atoms with Crippen LogP contribution in [0.3, 0.4) is 0 Å². The highest BCUT2D eigenvalue weighted by atomic mass is 32.2. The van der Waals surface area contributed by atoms with Gasteiger partial charge in [-0.1, -0.05) is 18.2 Å². The number of rotatable bonds is 4. The topological polar surface area (TPSA) is 72.4 Å². The van der Waals surface area contributed by atoms with Crippen LogP contribution in [0.5, 0.6) is 5.88 Å². The van der Waals surface area contributed by atoms with E-state index in [1.54, 1.807) is 49.5 Å². The molecule has 7 heteroatoms. The van der Waals surface area contributed by atoms with Crippen molar-refractivity contribution in [1.82, 2.24) is 14.3 Å². The van der Waals surface area contributed by atoms with Gasteiger partial charge >= 0.3 is 0 Å². The van der Waals surface area contributed by atoms with Gasteiger partial charge in [0.2, 0.25) is 15.9 Å². The highest BCUT2D eigenvalue weighted by molar-refractivity contribution is 7.89. The van der Waals surface area contributed by atoms with E-state index in [0.29, 0.717) is 29.7 Å². The van der Waals surface area contributed by atoms with Gasteiger partial charge in [-0.3, -0.25) is 0 Å². The van der Waals surface area contributed by atoms with Crippen LogP contribution in [0.2, 0.25) is 0 Å². The predicted octanol–water partition coefficient (Wildman–Crippen LogP) is 2.02. The maximum atomic E-state index is 12.7. The molecule has 0 amide bonds. The van der Waals surface area contributed by atoms with Crippen molar-refractivity contribution < 1.29 is 13.2 Å². The number of hydrogen-bond acceptors (Lipinski definition) is 5. The van der Waals surface area contributed by atoms with E-state index in [4.69, 9.17) is 4.74 Å². The van der Waals surface area contributed by atoms with Crippen molar-refractivity contribution in [3.8, 4) is 5.88 Å². The van der Waals surface area contributed by atoms with Crippen LogP contribution >= 0.6 is 0 Å². The third kappa shape index (κ3) is 3.68. The van der Waals surface area contributed by atoms with Gasteiger partial charge in [-0.2, -0.15) is 9.29 Å². The van der Waals surface area contributed by atoms with Crippen molar-refractivity contribution in [2.24, 2.45) is 0 Å². The molecular weight excluding hydrogens is 314 g/mol. The Morgan fingerprint density at radius 2 is 2.00 bits per heavy atom. The van der Waals surface area contributed by atoms with E-state index in [2.05, 4.69) is 9.97 Å². The van der Waals surface area contributed by atoms with Gasteiger partial charge in [0.1, 0.15) is 11.9 Å². The van der Waals surface area contributed by atoms with E-state index in [0.717, 1.165) is 12.8 Å². The fourth-order valence-corrected chi connectivity index (χ4v) is 4.16. The molecule has 0 aliphatic carbocycles. The lowest BCUT2D eigenvalue weighted by molar-refractivity contribution is 0.124. The summed E-state index contributed by atoms with van der Waals surface area (Å²) in [6.45, 7) is 2.64. The Bertz CT molecular complexity index is 765. The van der Waals surface area contributed by atoms with Gasteiger partial charge in [0.05, 0.1) is 11.4 Å². The fraction of sp³-hybridized carbons (Fsp3) is 0.375. The highest BCUT2D eigenvalue weighted by Gasteiger charge is 2.31. The number of hydrogen-bond donors (Lipinski definition) is 0. The standard InChI is InChI=1S/C16H19N3O3S/c1-13-17-10-9-16(18-13)22-14-6-5-11-19(12-14)23(20,21)15-7-3-2-4-8-15/h2-4,7-10,14H,5-6,11-12H2,1H3/t14-/m0/s1. The number of piperidine rings is 1. The Hall–Kier alpha value is -1.99. The van der Waals surface area contributed by atoms with Crippen LogP contribution in [0.15, 0.2) is 47.5 Å². The molecule has 3 rings (SSSR count). The van der Waals surface area contributed by atoms with E-state index in [-0.39, 0.29) is 6.10 Å². The summed E-state index contributed by atoms with van der Waals surface area (Å²) in [4.78, 5) is 8.56. The molecule has 23 heavy (non-hydrogen) atoms. The third-order valence-electron chi connectivity index (χ3n) is 3.76. The summed E-state index contributed by atoms with van der Waals surface area (Å²) < 4.78 is 32.7. The number of sulfonamides is 1. The molecular formula is C16H19N3O3S. The average molecular weight is 333 g/mol. The lowest BCUT2D eigenvalue weighted by Crippen LogP contribution is -2.44. The normalized spacial score (nSPS) is 19.4. The molecule has 6 nitrogen and oxygen atoms in total. The number of benzene rings is 1. The van der Waals surface area contributed by atoms with Crippen LogP contribution in [-0.2, 0) is 10.0 Å². The molecule has 0 radical (unpaired) electrons. The van der Waals surface area contributed by atoms with Gasteiger partial charge in [-0.05, 0) is 31.9 Å². The van der Waals surface area contributed by atoms with Crippen LogP contribution in [-0.4, -0.2) is 41.9 Å². The third-order valence-corrected chi connectivity index (χ3v) is 5.64. The van der Waals surface area contributed by atoms with E-state index in [1.807, 2.05) is 0 Å². The predicted molar refractivity (Wildman–Crippen MR) is 85.6 cm³/mol. The molecule has 1 aromatic heterocycles. The lowest BCUT2D eigenvalue weighted by atomic mass is 10.1. The molecule has 0 spiro atoms. The van der Waals surface area contributed by atoms with Gasteiger partial charge in [0.25, 0.3) is 0 Å². The van der Waals surface area contributed by atoms with Crippen molar-refractivity contribution in [3.05, 3.63) is 48.4 Å². The molecule has 0 unspecified atom stereocenters.